The Bertz CT molecular complexity index is 858. The van der Waals surface area contributed by atoms with E-state index in [0.717, 1.165) is 33.9 Å². The van der Waals surface area contributed by atoms with Gasteiger partial charge < -0.3 is 5.32 Å². The summed E-state index contributed by atoms with van der Waals surface area (Å²) in [5.74, 6) is 0.194. The molecule has 0 unspecified atom stereocenters. The zero-order chi connectivity index (χ0) is 17.6. The van der Waals surface area contributed by atoms with E-state index in [1.165, 1.54) is 0 Å². The Morgan fingerprint density at radius 3 is 2.72 bits per heavy atom. The van der Waals surface area contributed by atoms with Crippen molar-refractivity contribution < 1.29 is 4.79 Å². The minimum Gasteiger partial charge on any atom is -0.379 e. The molecule has 0 saturated heterocycles. The Kier molecular flexibility index (Phi) is 5.84. The van der Waals surface area contributed by atoms with Gasteiger partial charge in [0.25, 0.3) is 0 Å². The number of hydrogen-bond acceptors (Lipinski definition) is 4. The van der Waals surface area contributed by atoms with Gasteiger partial charge in [0.2, 0.25) is 0 Å². The average molecular weight is 371 g/mol. The Morgan fingerprint density at radius 2 is 2.00 bits per heavy atom. The van der Waals surface area contributed by atoms with Crippen molar-refractivity contribution in [2.75, 3.05) is 5.32 Å². The first-order valence-electron chi connectivity index (χ1n) is 8.23. The molecule has 0 bridgehead atoms. The summed E-state index contributed by atoms with van der Waals surface area (Å²) in [5, 5.41) is 7.06. The summed E-state index contributed by atoms with van der Waals surface area (Å²) >= 11 is 7.64. The molecule has 3 nitrogen and oxygen atoms in total. The van der Waals surface area contributed by atoms with Crippen LogP contribution in [0.25, 0.3) is 10.6 Å². The number of carbonyl (C=O) groups is 1. The van der Waals surface area contributed by atoms with Crippen LogP contribution in [0.5, 0.6) is 0 Å². The lowest BCUT2D eigenvalue weighted by atomic mass is 10.1. The summed E-state index contributed by atoms with van der Waals surface area (Å²) in [6.45, 7) is 2.65. The summed E-state index contributed by atoms with van der Waals surface area (Å²) in [7, 11) is 0. The Balaban J connectivity index is 1.61. The van der Waals surface area contributed by atoms with E-state index in [0.29, 0.717) is 18.0 Å². The van der Waals surface area contributed by atoms with Gasteiger partial charge in [0.15, 0.2) is 5.78 Å². The van der Waals surface area contributed by atoms with Crippen LogP contribution >= 0.6 is 22.9 Å². The zero-order valence-electron chi connectivity index (χ0n) is 14.0. The fourth-order valence-corrected chi connectivity index (χ4v) is 3.49. The van der Waals surface area contributed by atoms with Gasteiger partial charge in [-0.15, -0.1) is 11.3 Å². The molecule has 128 valence electrons. The molecule has 1 N–H and O–H groups in total. The van der Waals surface area contributed by atoms with Crippen LogP contribution < -0.4 is 5.32 Å². The van der Waals surface area contributed by atoms with Gasteiger partial charge in [-0.1, -0.05) is 30.7 Å². The smallest absolute Gasteiger partial charge is 0.162 e. The van der Waals surface area contributed by atoms with Crippen molar-refractivity contribution >= 4 is 34.4 Å². The van der Waals surface area contributed by atoms with E-state index in [1.54, 1.807) is 11.3 Å². The van der Waals surface area contributed by atoms with Crippen molar-refractivity contribution in [3.8, 4) is 10.6 Å². The molecule has 1 heterocycles. The number of anilines is 1. The van der Waals surface area contributed by atoms with Gasteiger partial charge in [-0.25, -0.2) is 4.98 Å². The number of hydrogen-bond donors (Lipinski definition) is 1. The first kappa shape index (κ1) is 17.6. The monoisotopic (exact) mass is 370 g/mol. The third-order valence-electron chi connectivity index (χ3n) is 3.78. The molecule has 3 rings (SSSR count). The first-order valence-corrected chi connectivity index (χ1v) is 9.49. The Hall–Kier alpha value is -2.17. The second kappa shape index (κ2) is 8.28. The molecular weight excluding hydrogens is 352 g/mol. The quantitative estimate of drug-likeness (QED) is 0.514. The number of ketones is 1. The lowest BCUT2D eigenvalue weighted by molar-refractivity contribution is 0.0982. The van der Waals surface area contributed by atoms with Gasteiger partial charge >= 0.3 is 0 Å². The summed E-state index contributed by atoms with van der Waals surface area (Å²) in [6.07, 6.45) is 1.47. The molecule has 3 aromatic rings. The molecule has 0 amide bonds. The summed E-state index contributed by atoms with van der Waals surface area (Å²) in [6, 6.07) is 15.3. The fraction of sp³-hybridized carbons (Fsp3) is 0.200. The number of aromatic nitrogens is 1. The van der Waals surface area contributed by atoms with Gasteiger partial charge in [-0.05, 0) is 42.8 Å². The van der Waals surface area contributed by atoms with Crippen molar-refractivity contribution in [1.29, 1.82) is 0 Å². The lowest BCUT2D eigenvalue weighted by Crippen LogP contribution is -2.01. The molecule has 0 spiro atoms. The van der Waals surface area contributed by atoms with Crippen molar-refractivity contribution in [1.82, 2.24) is 4.98 Å². The summed E-state index contributed by atoms with van der Waals surface area (Å²) < 4.78 is 0. The van der Waals surface area contributed by atoms with E-state index in [4.69, 9.17) is 11.6 Å². The highest BCUT2D eigenvalue weighted by atomic mass is 35.5. The van der Waals surface area contributed by atoms with Gasteiger partial charge in [-0.3, -0.25) is 4.79 Å². The molecule has 1 aromatic heterocycles. The van der Waals surface area contributed by atoms with Crippen LogP contribution in [0, 0.1) is 0 Å². The molecule has 25 heavy (non-hydrogen) atoms. The fourth-order valence-electron chi connectivity index (χ4n) is 2.48. The van der Waals surface area contributed by atoms with Crippen LogP contribution in [-0.2, 0) is 6.54 Å². The number of nitrogens with one attached hydrogen (secondary N) is 1. The topological polar surface area (TPSA) is 42.0 Å². The second-order valence-electron chi connectivity index (χ2n) is 5.76. The second-order valence-corrected chi connectivity index (χ2v) is 7.05. The van der Waals surface area contributed by atoms with Crippen LogP contribution in [0.3, 0.4) is 0 Å². The molecule has 0 aliphatic carbocycles. The molecule has 2 aromatic carbocycles. The molecule has 0 aliphatic rings. The number of rotatable bonds is 7. The lowest BCUT2D eigenvalue weighted by Gasteiger charge is -2.05. The number of Topliss-reactive ketones (excluding diaryl/α,β-unsaturated/α-hetero) is 1. The summed E-state index contributed by atoms with van der Waals surface area (Å²) in [5.41, 5.74) is 3.75. The molecule has 0 radical (unpaired) electrons. The highest BCUT2D eigenvalue weighted by Crippen LogP contribution is 2.26. The predicted octanol–water partition coefficient (Wildman–Crippen LogP) is 6.06. The molecule has 5 heteroatoms. The third-order valence-corrected chi connectivity index (χ3v) is 4.96. The molecular formula is C20H19ClN2OS. The van der Waals surface area contributed by atoms with E-state index in [9.17, 15) is 4.79 Å². The number of benzene rings is 2. The Labute approximate surface area is 156 Å². The number of carbonyl (C=O) groups excluding carboxylic acids is 1. The normalized spacial score (nSPS) is 10.6. The maximum absolute atomic E-state index is 11.9. The van der Waals surface area contributed by atoms with Crippen LogP contribution in [0.1, 0.15) is 35.8 Å². The summed E-state index contributed by atoms with van der Waals surface area (Å²) in [4.78, 5) is 16.5. The van der Waals surface area contributed by atoms with Crippen molar-refractivity contribution in [2.45, 2.75) is 26.3 Å². The number of nitrogens with zero attached hydrogens (tertiary/aromatic N) is 1. The minimum atomic E-state index is 0.194. The maximum Gasteiger partial charge on any atom is 0.162 e. The largest absolute Gasteiger partial charge is 0.379 e. The van der Waals surface area contributed by atoms with E-state index in [1.807, 2.05) is 60.8 Å². The molecule has 0 fully saturated rings. The maximum atomic E-state index is 11.9. The molecule has 0 aliphatic heterocycles. The predicted molar refractivity (Wildman–Crippen MR) is 106 cm³/mol. The van der Waals surface area contributed by atoms with Crippen LogP contribution in [-0.4, -0.2) is 10.8 Å². The third kappa shape index (κ3) is 4.68. The molecule has 0 saturated carbocycles. The Morgan fingerprint density at radius 1 is 1.20 bits per heavy atom. The highest BCUT2D eigenvalue weighted by molar-refractivity contribution is 7.13. The van der Waals surface area contributed by atoms with E-state index < -0.39 is 0 Å². The first-order chi connectivity index (χ1) is 12.2. The van der Waals surface area contributed by atoms with E-state index in [-0.39, 0.29) is 5.78 Å². The number of thiazole rings is 1. The van der Waals surface area contributed by atoms with E-state index >= 15 is 0 Å². The van der Waals surface area contributed by atoms with Crippen LogP contribution in [0.2, 0.25) is 5.02 Å². The van der Waals surface area contributed by atoms with Gasteiger partial charge in [0, 0.05) is 33.6 Å². The van der Waals surface area contributed by atoms with Crippen LogP contribution in [0.15, 0.2) is 53.9 Å². The van der Waals surface area contributed by atoms with Crippen LogP contribution in [0.4, 0.5) is 5.69 Å². The minimum absolute atomic E-state index is 0.194. The van der Waals surface area contributed by atoms with Gasteiger partial charge in [-0.2, -0.15) is 0 Å². The highest BCUT2D eigenvalue weighted by Gasteiger charge is 2.06. The van der Waals surface area contributed by atoms with Gasteiger partial charge in [0.1, 0.15) is 5.01 Å². The zero-order valence-corrected chi connectivity index (χ0v) is 15.5. The van der Waals surface area contributed by atoms with Crippen molar-refractivity contribution in [3.05, 3.63) is 70.2 Å². The molecule has 0 atom stereocenters. The number of halogens is 1. The van der Waals surface area contributed by atoms with Gasteiger partial charge in [0.05, 0.1) is 12.2 Å². The van der Waals surface area contributed by atoms with E-state index in [2.05, 4.69) is 10.3 Å². The van der Waals surface area contributed by atoms with Crippen molar-refractivity contribution in [2.24, 2.45) is 0 Å². The van der Waals surface area contributed by atoms with Crippen molar-refractivity contribution in [3.63, 3.8) is 0 Å². The standard InChI is InChI=1S/C20H19ClN2OS/c1-2-4-19(24)14-7-9-17(10-8-14)22-12-18-13-25-20(23-18)15-5-3-6-16(21)11-15/h3,5-11,13,22H,2,4,12H2,1H3. The SMILES string of the molecule is CCCC(=O)c1ccc(NCc2csc(-c3cccc(Cl)c3)n2)cc1. The average Bonchev–Trinajstić information content (AvgIpc) is 3.10.